The predicted molar refractivity (Wildman–Crippen MR) is 82.6 cm³/mol. The monoisotopic (exact) mass is 311 g/mol. The minimum absolute atomic E-state index is 0.227. The number of carbonyl (C=O) groups is 2. The first-order chi connectivity index (χ1) is 10.1. The van der Waals surface area contributed by atoms with Gasteiger partial charge >= 0.3 is 5.97 Å². The van der Waals surface area contributed by atoms with Crippen LogP contribution < -0.4 is 0 Å². The maximum atomic E-state index is 12.0. The molecule has 1 amide bonds. The lowest BCUT2D eigenvalue weighted by Gasteiger charge is -2.27. The third-order valence-electron chi connectivity index (χ3n) is 2.69. The van der Waals surface area contributed by atoms with E-state index in [9.17, 15) is 9.59 Å². The standard InChI is InChI=1S/C15H21NO4S/c1-4-19-15(18)14(11-21-3)16(12(2)17)20-10-13-8-6-5-7-9-13/h5-9,14H,4,10-11H2,1-3H3. The number of hydrogen-bond donors (Lipinski definition) is 0. The van der Waals surface area contributed by atoms with Crippen LogP contribution >= 0.6 is 11.8 Å². The smallest absolute Gasteiger partial charge is 0.332 e. The topological polar surface area (TPSA) is 55.8 Å². The van der Waals surface area contributed by atoms with Crippen molar-refractivity contribution >= 4 is 23.6 Å². The van der Waals surface area contributed by atoms with Gasteiger partial charge in [0.25, 0.3) is 0 Å². The molecule has 0 N–H and O–H groups in total. The minimum Gasteiger partial charge on any atom is -0.464 e. The van der Waals surface area contributed by atoms with Crippen molar-refractivity contribution in [2.45, 2.75) is 26.5 Å². The van der Waals surface area contributed by atoms with Crippen molar-refractivity contribution in [2.24, 2.45) is 0 Å². The second-order valence-corrected chi connectivity index (χ2v) is 5.24. The van der Waals surface area contributed by atoms with Crippen LogP contribution in [0.4, 0.5) is 0 Å². The molecule has 5 nitrogen and oxygen atoms in total. The quantitative estimate of drug-likeness (QED) is 0.544. The molecule has 0 bridgehead atoms. The van der Waals surface area contributed by atoms with Gasteiger partial charge in [0, 0.05) is 12.7 Å². The molecule has 0 saturated carbocycles. The van der Waals surface area contributed by atoms with Gasteiger partial charge < -0.3 is 4.74 Å². The summed E-state index contributed by atoms with van der Waals surface area (Å²) < 4.78 is 5.01. The number of ether oxygens (including phenoxy) is 1. The summed E-state index contributed by atoms with van der Waals surface area (Å²) in [7, 11) is 0. The average Bonchev–Trinajstić information content (AvgIpc) is 2.47. The maximum absolute atomic E-state index is 12.0. The lowest BCUT2D eigenvalue weighted by molar-refractivity contribution is -0.208. The van der Waals surface area contributed by atoms with Crippen LogP contribution in [0.25, 0.3) is 0 Å². The predicted octanol–water partition coefficient (Wildman–Crippen LogP) is 2.26. The maximum Gasteiger partial charge on any atom is 0.332 e. The van der Waals surface area contributed by atoms with Gasteiger partial charge in [-0.05, 0) is 18.7 Å². The van der Waals surface area contributed by atoms with E-state index in [1.807, 2.05) is 36.6 Å². The lowest BCUT2D eigenvalue weighted by atomic mass is 10.2. The summed E-state index contributed by atoms with van der Waals surface area (Å²) in [5, 5.41) is 1.11. The Labute approximate surface area is 129 Å². The zero-order chi connectivity index (χ0) is 15.7. The Morgan fingerprint density at radius 3 is 2.48 bits per heavy atom. The summed E-state index contributed by atoms with van der Waals surface area (Å²) in [5.41, 5.74) is 0.926. The van der Waals surface area contributed by atoms with E-state index < -0.39 is 12.0 Å². The van der Waals surface area contributed by atoms with Crippen molar-refractivity contribution in [3.05, 3.63) is 35.9 Å². The third kappa shape index (κ3) is 5.77. The minimum atomic E-state index is -0.735. The fourth-order valence-electron chi connectivity index (χ4n) is 1.75. The number of amides is 1. The zero-order valence-corrected chi connectivity index (χ0v) is 13.4. The zero-order valence-electron chi connectivity index (χ0n) is 12.6. The van der Waals surface area contributed by atoms with E-state index in [2.05, 4.69) is 0 Å². The summed E-state index contributed by atoms with van der Waals surface area (Å²) in [6.07, 6.45) is 1.86. The van der Waals surface area contributed by atoms with Gasteiger partial charge in [0.2, 0.25) is 5.91 Å². The SMILES string of the molecule is CCOC(=O)C(CSC)N(OCc1ccccc1)C(C)=O. The van der Waals surface area contributed by atoms with E-state index in [0.717, 1.165) is 10.6 Å². The molecule has 0 aliphatic rings. The average molecular weight is 311 g/mol. The highest BCUT2D eigenvalue weighted by molar-refractivity contribution is 7.98. The first kappa shape index (κ1) is 17.5. The van der Waals surface area contributed by atoms with Gasteiger partial charge in [-0.2, -0.15) is 11.8 Å². The Kier molecular flexibility index (Phi) is 7.85. The van der Waals surface area contributed by atoms with E-state index in [-0.39, 0.29) is 19.1 Å². The van der Waals surface area contributed by atoms with Gasteiger partial charge in [0.05, 0.1) is 6.61 Å². The van der Waals surface area contributed by atoms with Gasteiger partial charge in [-0.15, -0.1) is 0 Å². The van der Waals surface area contributed by atoms with Crippen LogP contribution in [0, 0.1) is 0 Å². The van der Waals surface area contributed by atoms with Crippen molar-refractivity contribution < 1.29 is 19.2 Å². The number of esters is 1. The summed E-state index contributed by atoms with van der Waals surface area (Å²) >= 11 is 1.46. The van der Waals surface area contributed by atoms with Gasteiger partial charge in [0.1, 0.15) is 6.61 Å². The number of rotatable bonds is 8. The molecule has 0 aliphatic carbocycles. The molecule has 0 heterocycles. The van der Waals surface area contributed by atoms with Gasteiger partial charge in [-0.1, -0.05) is 30.3 Å². The molecule has 0 saturated heterocycles. The molecule has 1 rings (SSSR count). The summed E-state index contributed by atoms with van der Waals surface area (Å²) in [4.78, 5) is 29.3. The van der Waals surface area contributed by atoms with Crippen molar-refractivity contribution in [1.29, 1.82) is 0 Å². The Morgan fingerprint density at radius 2 is 1.95 bits per heavy atom. The third-order valence-corrected chi connectivity index (χ3v) is 3.34. The second-order valence-electron chi connectivity index (χ2n) is 4.33. The van der Waals surface area contributed by atoms with E-state index in [1.54, 1.807) is 6.92 Å². The summed E-state index contributed by atoms with van der Waals surface area (Å²) in [6.45, 7) is 3.60. The Hall–Kier alpha value is -1.53. The Morgan fingerprint density at radius 1 is 1.29 bits per heavy atom. The molecule has 6 heteroatoms. The highest BCUT2D eigenvalue weighted by Crippen LogP contribution is 2.12. The second kappa shape index (κ2) is 9.41. The Balaban J connectivity index is 2.76. The van der Waals surface area contributed by atoms with Crippen LogP contribution in [0.3, 0.4) is 0 Å². The fourth-order valence-corrected chi connectivity index (χ4v) is 2.33. The Bertz CT molecular complexity index is 452. The number of thioether (sulfide) groups is 1. The highest BCUT2D eigenvalue weighted by Gasteiger charge is 2.30. The highest BCUT2D eigenvalue weighted by atomic mass is 32.2. The fraction of sp³-hybridized carbons (Fsp3) is 0.467. The van der Waals surface area contributed by atoms with Crippen LogP contribution in [-0.2, 0) is 25.8 Å². The number of benzene rings is 1. The first-order valence-electron chi connectivity index (χ1n) is 6.72. The van der Waals surface area contributed by atoms with E-state index >= 15 is 0 Å². The van der Waals surface area contributed by atoms with E-state index in [1.165, 1.54) is 18.7 Å². The van der Waals surface area contributed by atoms with Crippen LogP contribution in [0.5, 0.6) is 0 Å². The normalized spacial score (nSPS) is 11.8. The van der Waals surface area contributed by atoms with Gasteiger partial charge in [-0.25, -0.2) is 9.86 Å². The molecule has 0 aromatic heterocycles. The molecule has 1 aromatic carbocycles. The molecule has 0 radical (unpaired) electrons. The van der Waals surface area contributed by atoms with Crippen LogP contribution in [0.15, 0.2) is 30.3 Å². The molecule has 0 fully saturated rings. The molecule has 1 aromatic rings. The molecule has 0 aliphatic heterocycles. The first-order valence-corrected chi connectivity index (χ1v) is 8.11. The molecule has 0 spiro atoms. The molecular formula is C15H21NO4S. The number of carbonyl (C=O) groups excluding carboxylic acids is 2. The van der Waals surface area contributed by atoms with Crippen LogP contribution in [-0.4, -0.2) is 41.6 Å². The van der Waals surface area contributed by atoms with Crippen molar-refractivity contribution in [3.63, 3.8) is 0 Å². The molecule has 21 heavy (non-hydrogen) atoms. The van der Waals surface area contributed by atoms with Gasteiger partial charge in [-0.3, -0.25) is 9.63 Å². The van der Waals surface area contributed by atoms with Crippen LogP contribution in [0.1, 0.15) is 19.4 Å². The number of hydrogen-bond acceptors (Lipinski definition) is 5. The molecule has 1 atom stereocenters. The lowest BCUT2D eigenvalue weighted by Crippen LogP contribution is -2.46. The summed E-state index contributed by atoms with van der Waals surface area (Å²) in [5.74, 6) is -0.346. The molecular weight excluding hydrogens is 290 g/mol. The van der Waals surface area contributed by atoms with Crippen molar-refractivity contribution in [2.75, 3.05) is 18.6 Å². The van der Waals surface area contributed by atoms with Gasteiger partial charge in [0.15, 0.2) is 6.04 Å². The van der Waals surface area contributed by atoms with Crippen molar-refractivity contribution in [3.8, 4) is 0 Å². The molecule has 116 valence electrons. The number of nitrogens with zero attached hydrogens (tertiary/aromatic N) is 1. The van der Waals surface area contributed by atoms with Crippen molar-refractivity contribution in [1.82, 2.24) is 5.06 Å². The van der Waals surface area contributed by atoms with Crippen LogP contribution in [0.2, 0.25) is 0 Å². The molecule has 1 unspecified atom stereocenters. The van der Waals surface area contributed by atoms with E-state index in [0.29, 0.717) is 5.75 Å². The van der Waals surface area contributed by atoms with E-state index in [4.69, 9.17) is 9.57 Å². The largest absolute Gasteiger partial charge is 0.464 e. The summed E-state index contributed by atoms with van der Waals surface area (Å²) in [6, 6.07) is 8.74. The number of hydroxylamine groups is 2.